The Kier molecular flexibility index (Phi) is 12.4. The number of halogens is 1. The van der Waals surface area contributed by atoms with E-state index >= 15 is 0 Å². The zero-order chi connectivity index (χ0) is 21.0. The number of aliphatic imine (C=N–C) groups is 1. The number of guanidine groups is 1. The maximum atomic E-state index is 5.96. The maximum absolute atomic E-state index is 5.96. The molecule has 176 valence electrons. The number of nitrogens with one attached hydrogen (secondary N) is 1. The van der Waals surface area contributed by atoms with Crippen molar-refractivity contribution in [1.82, 2.24) is 25.1 Å². The van der Waals surface area contributed by atoms with Gasteiger partial charge in [-0.2, -0.15) is 0 Å². The lowest BCUT2D eigenvalue weighted by Gasteiger charge is -2.36. The van der Waals surface area contributed by atoms with E-state index in [4.69, 9.17) is 9.47 Å². The summed E-state index contributed by atoms with van der Waals surface area (Å²) < 4.78 is 11.0. The van der Waals surface area contributed by atoms with Gasteiger partial charge in [0, 0.05) is 92.1 Å². The van der Waals surface area contributed by atoms with Gasteiger partial charge in [-0.3, -0.25) is 9.89 Å². The Hall–Kier alpha value is -1.24. The van der Waals surface area contributed by atoms with Crippen LogP contribution in [0.25, 0.3) is 0 Å². The van der Waals surface area contributed by atoms with E-state index in [9.17, 15) is 0 Å². The van der Waals surface area contributed by atoms with Crippen LogP contribution < -0.4 is 10.2 Å². The van der Waals surface area contributed by atoms with Crippen LogP contribution in [0.2, 0.25) is 0 Å². The number of likely N-dealkylation sites (tertiary alicyclic amines) is 1. The summed E-state index contributed by atoms with van der Waals surface area (Å²) in [6.45, 7) is 9.46. The first-order valence-electron chi connectivity index (χ1n) is 11.1. The molecule has 10 heteroatoms. The summed E-state index contributed by atoms with van der Waals surface area (Å²) in [5.41, 5.74) is 0. The van der Waals surface area contributed by atoms with Crippen molar-refractivity contribution in [3.05, 3.63) is 18.5 Å². The molecule has 0 bridgehead atoms. The van der Waals surface area contributed by atoms with Gasteiger partial charge < -0.3 is 24.6 Å². The van der Waals surface area contributed by atoms with Crippen LogP contribution in [-0.4, -0.2) is 112 Å². The summed E-state index contributed by atoms with van der Waals surface area (Å²) in [6, 6.07) is 1.86. The van der Waals surface area contributed by atoms with Crippen LogP contribution in [0.5, 0.6) is 0 Å². The second-order valence-electron chi connectivity index (χ2n) is 7.76. The van der Waals surface area contributed by atoms with Gasteiger partial charge in [0.2, 0.25) is 5.95 Å². The number of hydrogen-bond acceptors (Lipinski definition) is 7. The number of nitrogens with zero attached hydrogens (tertiary/aromatic N) is 6. The fourth-order valence-corrected chi connectivity index (χ4v) is 3.97. The topological polar surface area (TPSA) is 78.4 Å². The molecule has 2 fully saturated rings. The molecule has 0 aromatic carbocycles. The minimum absolute atomic E-state index is 0. The van der Waals surface area contributed by atoms with Crippen LogP contribution in [0.3, 0.4) is 0 Å². The monoisotopic (exact) mass is 547 g/mol. The number of ether oxygens (including phenoxy) is 2. The Morgan fingerprint density at radius 2 is 1.81 bits per heavy atom. The quantitative estimate of drug-likeness (QED) is 0.215. The molecular formula is C21H38IN7O2. The summed E-state index contributed by atoms with van der Waals surface area (Å²) in [5, 5.41) is 3.54. The van der Waals surface area contributed by atoms with E-state index < -0.39 is 0 Å². The molecule has 2 aliphatic rings. The van der Waals surface area contributed by atoms with Crippen LogP contribution in [0.15, 0.2) is 23.5 Å². The molecule has 31 heavy (non-hydrogen) atoms. The predicted molar refractivity (Wildman–Crippen MR) is 135 cm³/mol. The number of aromatic nitrogens is 2. The highest BCUT2D eigenvalue weighted by atomic mass is 127. The average molecular weight is 547 g/mol. The molecule has 0 aliphatic carbocycles. The van der Waals surface area contributed by atoms with E-state index in [1.54, 1.807) is 19.5 Å². The molecule has 0 unspecified atom stereocenters. The molecule has 0 amide bonds. The number of hydrogen-bond donors (Lipinski definition) is 1. The highest BCUT2D eigenvalue weighted by Crippen LogP contribution is 2.14. The summed E-state index contributed by atoms with van der Waals surface area (Å²) in [5.74, 6) is 1.84. The zero-order valence-corrected chi connectivity index (χ0v) is 21.2. The molecule has 0 atom stereocenters. The summed E-state index contributed by atoms with van der Waals surface area (Å²) in [7, 11) is 3.60. The van der Waals surface area contributed by atoms with Crippen LogP contribution in [-0.2, 0) is 9.47 Å². The molecule has 3 rings (SSSR count). The largest absolute Gasteiger partial charge is 0.385 e. The standard InChI is InChI=1S/C21H37N7O2.HI/c1-22-20(27-10-5-19(6-11-27)30-18-4-17-29-2)25-9-12-26-13-15-28(16-14-26)21-23-7-3-8-24-21;/h3,7-8,19H,4-6,9-18H2,1-2H3,(H,22,25);1H. The van der Waals surface area contributed by atoms with Gasteiger partial charge in [-0.1, -0.05) is 0 Å². The Balaban J connectivity index is 0.00000341. The van der Waals surface area contributed by atoms with E-state index in [1.807, 2.05) is 13.1 Å². The Labute approximate surface area is 203 Å². The number of piperazine rings is 1. The lowest BCUT2D eigenvalue weighted by atomic mass is 10.1. The second kappa shape index (κ2) is 14.8. The second-order valence-corrected chi connectivity index (χ2v) is 7.76. The molecule has 2 saturated heterocycles. The van der Waals surface area contributed by atoms with E-state index in [1.165, 1.54) is 0 Å². The van der Waals surface area contributed by atoms with Gasteiger partial charge in [-0.25, -0.2) is 9.97 Å². The number of piperidine rings is 1. The summed E-state index contributed by atoms with van der Waals surface area (Å²) in [6.07, 6.45) is 7.04. The lowest BCUT2D eigenvalue weighted by molar-refractivity contribution is 0.00990. The zero-order valence-electron chi connectivity index (χ0n) is 18.9. The van der Waals surface area contributed by atoms with Crippen molar-refractivity contribution in [2.75, 3.05) is 84.6 Å². The first-order valence-corrected chi connectivity index (χ1v) is 11.1. The van der Waals surface area contributed by atoms with Crippen molar-refractivity contribution in [3.8, 4) is 0 Å². The van der Waals surface area contributed by atoms with E-state index in [0.29, 0.717) is 6.10 Å². The molecule has 3 heterocycles. The normalized spacial score (nSPS) is 18.7. The average Bonchev–Trinajstić information content (AvgIpc) is 2.81. The van der Waals surface area contributed by atoms with Crippen molar-refractivity contribution in [3.63, 3.8) is 0 Å². The molecule has 2 aliphatic heterocycles. The van der Waals surface area contributed by atoms with Gasteiger partial charge in [0.25, 0.3) is 0 Å². The SMILES string of the molecule is CN=C(NCCN1CCN(c2ncccn2)CC1)N1CCC(OCCCOC)CC1.I. The van der Waals surface area contributed by atoms with Crippen molar-refractivity contribution < 1.29 is 9.47 Å². The maximum Gasteiger partial charge on any atom is 0.225 e. The van der Waals surface area contributed by atoms with Crippen LogP contribution in [0.1, 0.15) is 19.3 Å². The minimum atomic E-state index is 0. The van der Waals surface area contributed by atoms with E-state index in [2.05, 4.69) is 35.0 Å². The molecule has 9 nitrogen and oxygen atoms in total. The minimum Gasteiger partial charge on any atom is -0.385 e. The van der Waals surface area contributed by atoms with Crippen LogP contribution in [0, 0.1) is 0 Å². The Morgan fingerprint density at radius 1 is 1.10 bits per heavy atom. The first kappa shape index (κ1) is 26.0. The highest BCUT2D eigenvalue weighted by Gasteiger charge is 2.22. The fourth-order valence-electron chi connectivity index (χ4n) is 3.97. The third-order valence-corrected chi connectivity index (χ3v) is 5.72. The van der Waals surface area contributed by atoms with Crippen LogP contribution in [0.4, 0.5) is 5.95 Å². The van der Waals surface area contributed by atoms with Gasteiger partial charge in [0.05, 0.1) is 6.10 Å². The van der Waals surface area contributed by atoms with Crippen LogP contribution >= 0.6 is 24.0 Å². The predicted octanol–water partition coefficient (Wildman–Crippen LogP) is 1.31. The van der Waals surface area contributed by atoms with Gasteiger partial charge in [-0.05, 0) is 25.3 Å². The Bertz CT molecular complexity index is 621. The molecule has 1 aromatic rings. The molecular weight excluding hydrogens is 509 g/mol. The first-order chi connectivity index (χ1) is 14.8. The van der Waals surface area contributed by atoms with Gasteiger partial charge in [-0.15, -0.1) is 24.0 Å². The molecule has 0 radical (unpaired) electrons. The van der Waals surface area contributed by atoms with Crippen molar-refractivity contribution >= 4 is 35.9 Å². The highest BCUT2D eigenvalue weighted by molar-refractivity contribution is 14.0. The molecule has 1 N–H and O–H groups in total. The van der Waals surface area contributed by atoms with E-state index in [-0.39, 0.29) is 24.0 Å². The molecule has 0 spiro atoms. The van der Waals surface area contributed by atoms with Gasteiger partial charge in [0.15, 0.2) is 5.96 Å². The fraction of sp³-hybridized carbons (Fsp3) is 0.762. The van der Waals surface area contributed by atoms with Crippen molar-refractivity contribution in [2.45, 2.75) is 25.4 Å². The summed E-state index contributed by atoms with van der Waals surface area (Å²) in [4.78, 5) is 20.3. The Morgan fingerprint density at radius 3 is 2.45 bits per heavy atom. The van der Waals surface area contributed by atoms with Gasteiger partial charge >= 0.3 is 0 Å². The van der Waals surface area contributed by atoms with Crippen molar-refractivity contribution in [1.29, 1.82) is 0 Å². The lowest BCUT2D eigenvalue weighted by Crippen LogP contribution is -2.51. The van der Waals surface area contributed by atoms with E-state index in [0.717, 1.165) is 96.7 Å². The third kappa shape index (κ3) is 8.66. The van der Waals surface area contributed by atoms with Crippen molar-refractivity contribution in [2.24, 2.45) is 4.99 Å². The molecule has 1 aromatic heterocycles. The van der Waals surface area contributed by atoms with Gasteiger partial charge in [0.1, 0.15) is 0 Å². The number of anilines is 1. The number of rotatable bonds is 9. The smallest absolute Gasteiger partial charge is 0.225 e. The molecule has 0 saturated carbocycles. The summed E-state index contributed by atoms with van der Waals surface area (Å²) >= 11 is 0. The third-order valence-electron chi connectivity index (χ3n) is 5.72. The number of methoxy groups -OCH3 is 1.